The molecule has 0 bridgehead atoms. The summed E-state index contributed by atoms with van der Waals surface area (Å²) in [5.74, 6) is 0.980. The van der Waals surface area contributed by atoms with Gasteiger partial charge in [-0.3, -0.25) is 0 Å². The minimum atomic E-state index is 0.600. The summed E-state index contributed by atoms with van der Waals surface area (Å²) in [6, 6.07) is 3.84. The first-order valence-corrected chi connectivity index (χ1v) is 6.20. The van der Waals surface area contributed by atoms with Crippen LogP contribution < -0.4 is 10.6 Å². The molecule has 1 aromatic heterocycles. The highest BCUT2D eigenvalue weighted by Gasteiger charge is 2.19. The van der Waals surface area contributed by atoms with Crippen LogP contribution in [0.5, 0.6) is 0 Å². The molecule has 0 atom stereocenters. The van der Waals surface area contributed by atoms with Gasteiger partial charge in [0.25, 0.3) is 0 Å². The monoisotopic (exact) mass is 263 g/mol. The molecule has 1 aliphatic heterocycles. The van der Waals surface area contributed by atoms with Gasteiger partial charge in [0.1, 0.15) is 6.33 Å². The molecular weight excluding hydrogens is 250 g/mol. The van der Waals surface area contributed by atoms with Crippen molar-refractivity contribution < 1.29 is 0 Å². The van der Waals surface area contributed by atoms with Crippen molar-refractivity contribution in [2.45, 2.75) is 20.0 Å². The molecule has 0 radical (unpaired) electrons. The van der Waals surface area contributed by atoms with Crippen LogP contribution in [0.2, 0.25) is 5.02 Å². The van der Waals surface area contributed by atoms with Crippen molar-refractivity contribution in [3.8, 4) is 0 Å². The average Bonchev–Trinajstić information content (AvgIpc) is 2.80. The fraction of sp³-hybridized carbons (Fsp3) is 0.333. The number of aromatic nitrogens is 3. The fourth-order valence-electron chi connectivity index (χ4n) is 2.31. The van der Waals surface area contributed by atoms with E-state index in [1.807, 2.05) is 19.1 Å². The lowest BCUT2D eigenvalue weighted by Crippen LogP contribution is -2.34. The highest BCUT2D eigenvalue weighted by molar-refractivity contribution is 6.33. The van der Waals surface area contributed by atoms with Gasteiger partial charge in [0.15, 0.2) is 5.82 Å². The van der Waals surface area contributed by atoms with Crippen LogP contribution >= 0.6 is 11.6 Å². The Balaban J connectivity index is 1.95. The number of benzene rings is 1. The van der Waals surface area contributed by atoms with Crippen molar-refractivity contribution in [2.75, 3.05) is 17.2 Å². The highest BCUT2D eigenvalue weighted by Crippen LogP contribution is 2.31. The van der Waals surface area contributed by atoms with Gasteiger partial charge in [0, 0.05) is 18.8 Å². The van der Waals surface area contributed by atoms with Gasteiger partial charge in [0.2, 0.25) is 0 Å². The first-order chi connectivity index (χ1) is 8.65. The van der Waals surface area contributed by atoms with E-state index in [0.29, 0.717) is 10.7 Å². The molecule has 1 aromatic carbocycles. The van der Waals surface area contributed by atoms with Crippen LogP contribution in [0.4, 0.5) is 11.4 Å². The van der Waals surface area contributed by atoms with Crippen LogP contribution in [0.25, 0.3) is 0 Å². The molecule has 94 valence electrons. The number of nitrogen functional groups attached to an aromatic ring is 1. The molecule has 0 unspecified atom stereocenters. The summed E-state index contributed by atoms with van der Waals surface area (Å²) >= 11 is 6.10. The second-order valence-electron chi connectivity index (χ2n) is 4.52. The highest BCUT2D eigenvalue weighted by atomic mass is 35.5. The smallest absolute Gasteiger partial charge is 0.152 e. The standard InChI is InChI=1S/C12H14ClN5/c1-8-4-10(14)9(13)5-11(8)17-2-3-18-7-15-16-12(18)6-17/h4-5,7H,2-3,6,14H2,1H3. The first-order valence-electron chi connectivity index (χ1n) is 5.82. The van der Waals surface area contributed by atoms with Crippen molar-refractivity contribution in [3.05, 3.63) is 34.9 Å². The molecule has 2 aromatic rings. The summed E-state index contributed by atoms with van der Waals surface area (Å²) < 4.78 is 2.07. The second kappa shape index (κ2) is 4.17. The summed E-state index contributed by atoms with van der Waals surface area (Å²) in [6.07, 6.45) is 1.77. The van der Waals surface area contributed by atoms with Crippen LogP contribution in [0.3, 0.4) is 0 Å². The Morgan fingerprint density at radius 1 is 1.33 bits per heavy atom. The summed E-state index contributed by atoms with van der Waals surface area (Å²) in [5.41, 5.74) is 8.67. The number of hydrogen-bond donors (Lipinski definition) is 1. The van der Waals surface area contributed by atoms with Crippen molar-refractivity contribution >= 4 is 23.0 Å². The Hall–Kier alpha value is -1.75. The fourth-order valence-corrected chi connectivity index (χ4v) is 2.46. The summed E-state index contributed by atoms with van der Waals surface area (Å²) in [5, 5.41) is 8.64. The van der Waals surface area contributed by atoms with Crippen molar-refractivity contribution in [2.24, 2.45) is 0 Å². The van der Waals surface area contributed by atoms with E-state index in [0.717, 1.165) is 36.7 Å². The topological polar surface area (TPSA) is 60.0 Å². The van der Waals surface area contributed by atoms with Crippen LogP contribution in [0.15, 0.2) is 18.5 Å². The molecule has 2 heterocycles. The molecule has 0 saturated carbocycles. The van der Waals surface area contributed by atoms with Gasteiger partial charge in [-0.1, -0.05) is 11.6 Å². The normalized spacial score (nSPS) is 14.7. The van der Waals surface area contributed by atoms with E-state index in [4.69, 9.17) is 17.3 Å². The third-order valence-corrected chi connectivity index (χ3v) is 3.62. The predicted molar refractivity (Wildman–Crippen MR) is 71.7 cm³/mol. The van der Waals surface area contributed by atoms with E-state index in [9.17, 15) is 0 Å². The lowest BCUT2D eigenvalue weighted by Gasteiger charge is -2.30. The van der Waals surface area contributed by atoms with Gasteiger partial charge < -0.3 is 15.2 Å². The van der Waals surface area contributed by atoms with Gasteiger partial charge in [-0.15, -0.1) is 10.2 Å². The number of hydrogen-bond acceptors (Lipinski definition) is 4. The number of nitrogens with zero attached hydrogens (tertiary/aromatic N) is 4. The zero-order valence-electron chi connectivity index (χ0n) is 10.1. The molecule has 5 nitrogen and oxygen atoms in total. The SMILES string of the molecule is Cc1cc(N)c(Cl)cc1N1CCn2cnnc2C1. The van der Waals surface area contributed by atoms with Gasteiger partial charge in [-0.2, -0.15) is 0 Å². The largest absolute Gasteiger partial charge is 0.398 e. The Morgan fingerprint density at radius 3 is 3.00 bits per heavy atom. The summed E-state index contributed by atoms with van der Waals surface area (Å²) in [6.45, 7) is 4.61. The Kier molecular flexibility index (Phi) is 2.63. The van der Waals surface area contributed by atoms with Crippen LogP contribution in [-0.2, 0) is 13.1 Å². The van der Waals surface area contributed by atoms with Crippen molar-refractivity contribution in [3.63, 3.8) is 0 Å². The van der Waals surface area contributed by atoms with Gasteiger partial charge >= 0.3 is 0 Å². The van der Waals surface area contributed by atoms with E-state index < -0.39 is 0 Å². The maximum absolute atomic E-state index is 6.10. The number of rotatable bonds is 1. The van der Waals surface area contributed by atoms with E-state index >= 15 is 0 Å². The third kappa shape index (κ3) is 1.80. The molecule has 3 rings (SSSR count). The van der Waals surface area contributed by atoms with Crippen LogP contribution in [0.1, 0.15) is 11.4 Å². The van der Waals surface area contributed by atoms with E-state index in [2.05, 4.69) is 19.7 Å². The van der Waals surface area contributed by atoms with E-state index in [1.54, 1.807) is 6.33 Å². The lowest BCUT2D eigenvalue weighted by atomic mass is 10.1. The Bertz CT molecular complexity index is 592. The number of halogens is 1. The Morgan fingerprint density at radius 2 is 2.17 bits per heavy atom. The Labute approximate surface area is 110 Å². The zero-order chi connectivity index (χ0) is 12.7. The van der Waals surface area contributed by atoms with Gasteiger partial charge in [0.05, 0.1) is 17.3 Å². The quantitative estimate of drug-likeness (QED) is 0.798. The van der Waals surface area contributed by atoms with Crippen LogP contribution in [-0.4, -0.2) is 21.3 Å². The molecule has 0 amide bonds. The molecule has 0 spiro atoms. The molecule has 2 N–H and O–H groups in total. The minimum Gasteiger partial charge on any atom is -0.398 e. The van der Waals surface area contributed by atoms with Crippen molar-refractivity contribution in [1.29, 1.82) is 0 Å². The van der Waals surface area contributed by atoms with E-state index in [1.165, 1.54) is 0 Å². The number of fused-ring (bicyclic) bond motifs is 1. The van der Waals surface area contributed by atoms with Gasteiger partial charge in [-0.05, 0) is 24.6 Å². The zero-order valence-corrected chi connectivity index (χ0v) is 10.9. The van der Waals surface area contributed by atoms with Crippen LogP contribution in [0, 0.1) is 6.92 Å². The maximum atomic E-state index is 6.10. The maximum Gasteiger partial charge on any atom is 0.152 e. The number of aryl methyl sites for hydroxylation is 1. The van der Waals surface area contributed by atoms with Gasteiger partial charge in [-0.25, -0.2) is 0 Å². The molecule has 1 aliphatic rings. The second-order valence-corrected chi connectivity index (χ2v) is 4.93. The molecule has 0 saturated heterocycles. The number of nitrogens with two attached hydrogens (primary N) is 1. The average molecular weight is 264 g/mol. The molecular formula is C12H14ClN5. The van der Waals surface area contributed by atoms with E-state index in [-0.39, 0.29) is 0 Å². The molecule has 0 aliphatic carbocycles. The van der Waals surface area contributed by atoms with Crippen molar-refractivity contribution in [1.82, 2.24) is 14.8 Å². The number of anilines is 2. The minimum absolute atomic E-state index is 0.600. The molecule has 6 heteroatoms. The third-order valence-electron chi connectivity index (χ3n) is 3.29. The lowest BCUT2D eigenvalue weighted by molar-refractivity contribution is 0.559. The molecule has 0 fully saturated rings. The predicted octanol–water partition coefficient (Wildman–Crippen LogP) is 1.84. The summed E-state index contributed by atoms with van der Waals surface area (Å²) in [4.78, 5) is 2.25. The molecule has 18 heavy (non-hydrogen) atoms. The first kappa shape index (κ1) is 11.3. The summed E-state index contributed by atoms with van der Waals surface area (Å²) in [7, 11) is 0.